The Bertz CT molecular complexity index is 1640. The molecule has 212 valence electrons. The highest BCUT2D eigenvalue weighted by Crippen LogP contribution is 2.26. The Kier molecular flexibility index (Phi) is 10.3. The van der Waals surface area contributed by atoms with Crippen LogP contribution in [0.25, 0.3) is 6.08 Å². The Hall–Kier alpha value is -4.67. The van der Waals surface area contributed by atoms with Crippen molar-refractivity contribution >= 4 is 68.8 Å². The van der Waals surface area contributed by atoms with Crippen LogP contribution >= 0.6 is 27.7 Å². The number of rotatable bonds is 10. The van der Waals surface area contributed by atoms with Crippen molar-refractivity contribution in [2.75, 3.05) is 10.6 Å². The number of hydrogen-bond donors (Lipinski definition) is 4. The number of halogens is 1. The molecule has 0 aliphatic heterocycles. The molecule has 1 atom stereocenters. The van der Waals surface area contributed by atoms with Gasteiger partial charge in [0.1, 0.15) is 5.70 Å². The Labute approximate surface area is 255 Å². The van der Waals surface area contributed by atoms with Crippen molar-refractivity contribution in [2.45, 2.75) is 17.1 Å². The van der Waals surface area contributed by atoms with Gasteiger partial charge in [0.25, 0.3) is 11.8 Å². The van der Waals surface area contributed by atoms with Crippen LogP contribution in [0.5, 0.6) is 0 Å². The zero-order valence-electron chi connectivity index (χ0n) is 22.3. The van der Waals surface area contributed by atoms with E-state index in [9.17, 15) is 19.2 Å². The Morgan fingerprint density at radius 2 is 1.48 bits per heavy atom. The number of carbonyl (C=O) groups is 4. The number of carboxylic acid groups (broad SMARTS) is 1. The van der Waals surface area contributed by atoms with Gasteiger partial charge in [-0.05, 0) is 85.3 Å². The van der Waals surface area contributed by atoms with Gasteiger partial charge in [-0.2, -0.15) is 0 Å². The molecule has 1 unspecified atom stereocenters. The second kappa shape index (κ2) is 14.3. The number of amides is 3. The van der Waals surface area contributed by atoms with Gasteiger partial charge >= 0.3 is 5.97 Å². The Balaban J connectivity index is 1.42. The summed E-state index contributed by atoms with van der Waals surface area (Å²) in [7, 11) is 0. The summed E-state index contributed by atoms with van der Waals surface area (Å²) in [6.07, 6.45) is 1.59. The average molecular weight is 645 g/mol. The van der Waals surface area contributed by atoms with Crippen LogP contribution in [0.2, 0.25) is 0 Å². The maximum Gasteiger partial charge on any atom is 0.335 e. The molecule has 0 saturated heterocycles. The topological polar surface area (TPSA) is 125 Å². The van der Waals surface area contributed by atoms with Gasteiger partial charge in [0, 0.05) is 26.3 Å². The number of benzene rings is 4. The minimum Gasteiger partial charge on any atom is -0.478 e. The van der Waals surface area contributed by atoms with Gasteiger partial charge in [-0.1, -0.05) is 52.3 Å². The number of aromatic carboxylic acids is 1. The zero-order valence-corrected chi connectivity index (χ0v) is 24.7. The molecule has 0 radical (unpaired) electrons. The molecule has 0 spiro atoms. The van der Waals surface area contributed by atoms with Crippen LogP contribution in [0, 0.1) is 0 Å². The van der Waals surface area contributed by atoms with E-state index in [0.29, 0.717) is 16.9 Å². The summed E-state index contributed by atoms with van der Waals surface area (Å²) >= 11 is 4.73. The van der Waals surface area contributed by atoms with Crippen LogP contribution in [-0.4, -0.2) is 34.0 Å². The van der Waals surface area contributed by atoms with Crippen molar-refractivity contribution < 1.29 is 24.3 Å². The van der Waals surface area contributed by atoms with E-state index < -0.39 is 23.0 Å². The first-order valence-corrected chi connectivity index (χ1v) is 14.4. The second-order valence-corrected chi connectivity index (χ2v) is 11.4. The van der Waals surface area contributed by atoms with Crippen LogP contribution in [0.3, 0.4) is 0 Å². The van der Waals surface area contributed by atoms with Crippen molar-refractivity contribution in [3.05, 3.63) is 130 Å². The first kappa shape index (κ1) is 30.3. The fourth-order valence-corrected chi connectivity index (χ4v) is 5.04. The predicted molar refractivity (Wildman–Crippen MR) is 168 cm³/mol. The third-order valence-electron chi connectivity index (χ3n) is 5.86. The lowest BCUT2D eigenvalue weighted by molar-refractivity contribution is -0.115. The molecular formula is C32H26BrN3O5S. The molecular weight excluding hydrogens is 618 g/mol. The minimum absolute atomic E-state index is 0.0673. The standard InChI is InChI=1S/C32H26BrN3O5S/c1-20(29(37)35-26-12-6-10-23(19-26)32(40)41)42-27-15-13-25(14-16-27)34-31(39)28(18-21-7-5-11-24(33)17-21)36-30(38)22-8-3-2-4-9-22/h2-20H,1H3,(H,34,39)(H,35,37)(H,36,38)(H,40,41)/b28-18-. The molecule has 0 heterocycles. The molecule has 10 heteroatoms. The molecule has 4 N–H and O–H groups in total. The average Bonchev–Trinajstić information content (AvgIpc) is 2.98. The summed E-state index contributed by atoms with van der Waals surface area (Å²) in [6.45, 7) is 1.74. The summed E-state index contributed by atoms with van der Waals surface area (Å²) in [5.74, 6) is -2.27. The number of carboxylic acids is 1. The normalized spacial score (nSPS) is 11.7. The van der Waals surface area contributed by atoms with Crippen molar-refractivity contribution in [1.82, 2.24) is 5.32 Å². The van der Waals surface area contributed by atoms with Gasteiger partial charge in [-0.3, -0.25) is 14.4 Å². The van der Waals surface area contributed by atoms with Crippen molar-refractivity contribution in [2.24, 2.45) is 0 Å². The molecule has 3 amide bonds. The smallest absolute Gasteiger partial charge is 0.335 e. The lowest BCUT2D eigenvalue weighted by Gasteiger charge is -2.14. The fraction of sp³-hybridized carbons (Fsp3) is 0.0625. The number of nitrogens with one attached hydrogen (secondary N) is 3. The van der Waals surface area contributed by atoms with E-state index in [0.717, 1.165) is 14.9 Å². The maximum atomic E-state index is 13.3. The van der Waals surface area contributed by atoms with Crippen molar-refractivity contribution in [3.8, 4) is 0 Å². The molecule has 0 aliphatic carbocycles. The highest BCUT2D eigenvalue weighted by Gasteiger charge is 2.17. The third-order valence-corrected chi connectivity index (χ3v) is 7.47. The molecule has 0 bridgehead atoms. The number of hydrogen-bond acceptors (Lipinski definition) is 5. The second-order valence-electron chi connectivity index (χ2n) is 9.05. The third kappa shape index (κ3) is 8.66. The van der Waals surface area contributed by atoms with Gasteiger partial charge < -0.3 is 21.1 Å². The summed E-state index contributed by atoms with van der Waals surface area (Å²) in [5, 5.41) is 16.9. The van der Waals surface area contributed by atoms with Gasteiger partial charge in [0.05, 0.1) is 10.8 Å². The van der Waals surface area contributed by atoms with E-state index in [1.54, 1.807) is 79.7 Å². The predicted octanol–water partition coefficient (Wildman–Crippen LogP) is 6.68. The zero-order chi connectivity index (χ0) is 30.1. The summed E-state index contributed by atoms with van der Waals surface area (Å²) in [4.78, 5) is 50.7. The Morgan fingerprint density at radius 3 is 2.17 bits per heavy atom. The summed E-state index contributed by atoms with van der Waals surface area (Å²) < 4.78 is 0.829. The molecule has 42 heavy (non-hydrogen) atoms. The van der Waals surface area contributed by atoms with Crippen LogP contribution < -0.4 is 16.0 Å². The van der Waals surface area contributed by atoms with Gasteiger partial charge in [0.2, 0.25) is 5.91 Å². The van der Waals surface area contributed by atoms with Crippen LogP contribution in [-0.2, 0) is 9.59 Å². The van der Waals surface area contributed by atoms with Crippen molar-refractivity contribution in [1.29, 1.82) is 0 Å². The SMILES string of the molecule is CC(Sc1ccc(NC(=O)/C(=C/c2cccc(Br)c2)NC(=O)c2ccccc2)cc1)C(=O)Nc1cccc(C(=O)O)c1. The minimum atomic E-state index is -1.07. The van der Waals surface area contributed by atoms with E-state index in [-0.39, 0.29) is 17.2 Å². The van der Waals surface area contributed by atoms with Crippen LogP contribution in [0.4, 0.5) is 11.4 Å². The highest BCUT2D eigenvalue weighted by molar-refractivity contribution is 9.10. The monoisotopic (exact) mass is 643 g/mol. The van der Waals surface area contributed by atoms with Gasteiger partial charge in [0.15, 0.2) is 0 Å². The summed E-state index contributed by atoms with van der Waals surface area (Å²) in [6, 6.07) is 28.9. The van der Waals surface area contributed by atoms with Gasteiger partial charge in [-0.25, -0.2) is 4.79 Å². The van der Waals surface area contributed by atoms with Crippen molar-refractivity contribution in [3.63, 3.8) is 0 Å². The quantitative estimate of drug-likeness (QED) is 0.113. The van der Waals surface area contributed by atoms with E-state index in [4.69, 9.17) is 5.11 Å². The van der Waals surface area contributed by atoms with Gasteiger partial charge in [-0.15, -0.1) is 11.8 Å². The summed E-state index contributed by atoms with van der Waals surface area (Å²) in [5.41, 5.74) is 2.19. The van der Waals surface area contributed by atoms with E-state index in [1.807, 2.05) is 24.3 Å². The highest BCUT2D eigenvalue weighted by atomic mass is 79.9. The largest absolute Gasteiger partial charge is 0.478 e. The molecule has 0 fully saturated rings. The van der Waals surface area contributed by atoms with Crippen LogP contribution in [0.1, 0.15) is 33.2 Å². The van der Waals surface area contributed by atoms with E-state index >= 15 is 0 Å². The molecule has 4 aromatic rings. The molecule has 0 saturated carbocycles. The maximum absolute atomic E-state index is 13.3. The number of anilines is 2. The molecule has 4 aromatic carbocycles. The number of carbonyl (C=O) groups excluding carboxylic acids is 3. The lowest BCUT2D eigenvalue weighted by atomic mass is 10.1. The first-order chi connectivity index (χ1) is 20.2. The van der Waals surface area contributed by atoms with E-state index in [2.05, 4.69) is 31.9 Å². The fourth-order valence-electron chi connectivity index (χ4n) is 3.75. The first-order valence-electron chi connectivity index (χ1n) is 12.7. The molecule has 0 aliphatic rings. The molecule has 8 nitrogen and oxygen atoms in total. The Morgan fingerprint density at radius 1 is 0.786 bits per heavy atom. The number of thioether (sulfide) groups is 1. The lowest BCUT2D eigenvalue weighted by Crippen LogP contribution is -2.30. The molecule has 4 rings (SSSR count). The van der Waals surface area contributed by atoms with E-state index in [1.165, 1.54) is 23.9 Å². The molecule has 0 aromatic heterocycles. The van der Waals surface area contributed by atoms with Crippen LogP contribution in [0.15, 0.2) is 118 Å².